The molecule has 0 spiro atoms. The molecule has 2 unspecified atom stereocenters. The van der Waals surface area contributed by atoms with Crippen LogP contribution in [0.4, 0.5) is 0 Å². The fourth-order valence-electron chi connectivity index (χ4n) is 1.15. The third-order valence-electron chi connectivity index (χ3n) is 1.80. The van der Waals surface area contributed by atoms with Crippen molar-refractivity contribution in [2.24, 2.45) is 0 Å². The lowest BCUT2D eigenvalue weighted by Gasteiger charge is -2.29. The van der Waals surface area contributed by atoms with E-state index in [0.29, 0.717) is 6.04 Å². The summed E-state index contributed by atoms with van der Waals surface area (Å²) in [6.45, 7) is 4.57. The van der Waals surface area contributed by atoms with Gasteiger partial charge in [-0.05, 0) is 6.92 Å². The van der Waals surface area contributed by atoms with Crippen molar-refractivity contribution in [2.75, 3.05) is 26.9 Å². The minimum Gasteiger partial charge on any atom is -0.383 e. The van der Waals surface area contributed by atoms with Gasteiger partial charge in [-0.25, -0.2) is 0 Å². The van der Waals surface area contributed by atoms with Crippen LogP contribution in [0.25, 0.3) is 0 Å². The normalized spacial score (nSPS) is 34.2. The van der Waals surface area contributed by atoms with Gasteiger partial charge >= 0.3 is 0 Å². The number of methoxy groups -OCH3 is 1. The molecule has 10 heavy (non-hydrogen) atoms. The molecule has 0 aromatic carbocycles. The van der Waals surface area contributed by atoms with Crippen molar-refractivity contribution in [2.45, 2.75) is 19.1 Å². The van der Waals surface area contributed by atoms with Gasteiger partial charge in [0.15, 0.2) is 0 Å². The second-order valence-corrected chi connectivity index (χ2v) is 2.59. The molecule has 60 valence electrons. The van der Waals surface area contributed by atoms with Gasteiger partial charge in [-0.15, -0.1) is 0 Å². The summed E-state index contributed by atoms with van der Waals surface area (Å²) in [4.78, 5) is 0. The average Bonchev–Trinajstić information content (AvgIpc) is 1.94. The summed E-state index contributed by atoms with van der Waals surface area (Å²) in [5, 5.41) is 3.32. The molecule has 1 saturated heterocycles. The molecule has 1 aliphatic rings. The molecule has 0 aliphatic carbocycles. The van der Waals surface area contributed by atoms with Crippen LogP contribution in [0.1, 0.15) is 6.92 Å². The summed E-state index contributed by atoms with van der Waals surface area (Å²) in [5.41, 5.74) is 0. The highest BCUT2D eigenvalue weighted by Gasteiger charge is 2.20. The van der Waals surface area contributed by atoms with E-state index < -0.39 is 0 Å². The van der Waals surface area contributed by atoms with E-state index >= 15 is 0 Å². The van der Waals surface area contributed by atoms with E-state index in [-0.39, 0.29) is 6.10 Å². The molecule has 0 aromatic heterocycles. The predicted octanol–water partition coefficient (Wildman–Crippen LogP) is 0.00970. The maximum atomic E-state index is 5.40. The van der Waals surface area contributed by atoms with Crippen LogP contribution in [0.3, 0.4) is 0 Å². The number of ether oxygens (including phenoxy) is 2. The number of hydrogen-bond acceptors (Lipinski definition) is 3. The minimum absolute atomic E-state index is 0.286. The average molecular weight is 145 g/mol. The molecule has 0 radical (unpaired) electrons. The molecule has 1 aliphatic heterocycles. The quantitative estimate of drug-likeness (QED) is 0.593. The van der Waals surface area contributed by atoms with Crippen LogP contribution < -0.4 is 5.32 Å². The first-order valence-electron chi connectivity index (χ1n) is 3.68. The molecule has 1 heterocycles. The highest BCUT2D eigenvalue weighted by molar-refractivity contribution is 4.76. The summed E-state index contributed by atoms with van der Waals surface area (Å²) >= 11 is 0. The zero-order valence-corrected chi connectivity index (χ0v) is 6.59. The SMILES string of the molecule is COCC1NCCOC1C. The zero-order chi connectivity index (χ0) is 7.40. The van der Waals surface area contributed by atoms with Crippen LogP contribution in [-0.4, -0.2) is 39.0 Å². The topological polar surface area (TPSA) is 30.5 Å². The van der Waals surface area contributed by atoms with Crippen LogP contribution in [0.2, 0.25) is 0 Å². The molecule has 1 N–H and O–H groups in total. The summed E-state index contributed by atoms with van der Waals surface area (Å²) < 4.78 is 10.4. The second-order valence-electron chi connectivity index (χ2n) is 2.59. The van der Waals surface area contributed by atoms with Crippen molar-refractivity contribution in [3.8, 4) is 0 Å². The van der Waals surface area contributed by atoms with E-state index in [2.05, 4.69) is 12.2 Å². The predicted molar refractivity (Wildman–Crippen MR) is 39.1 cm³/mol. The van der Waals surface area contributed by atoms with E-state index in [0.717, 1.165) is 19.8 Å². The molecule has 1 fully saturated rings. The molecular formula is C7H15NO2. The van der Waals surface area contributed by atoms with Gasteiger partial charge in [-0.3, -0.25) is 0 Å². The van der Waals surface area contributed by atoms with Gasteiger partial charge in [0, 0.05) is 13.7 Å². The second kappa shape index (κ2) is 3.91. The number of rotatable bonds is 2. The van der Waals surface area contributed by atoms with Gasteiger partial charge in [0.25, 0.3) is 0 Å². The first-order chi connectivity index (χ1) is 4.84. The molecule has 0 bridgehead atoms. The van der Waals surface area contributed by atoms with Gasteiger partial charge in [-0.1, -0.05) is 0 Å². The molecule has 0 amide bonds. The Balaban J connectivity index is 2.25. The highest BCUT2D eigenvalue weighted by atomic mass is 16.5. The van der Waals surface area contributed by atoms with Crippen LogP contribution in [0.15, 0.2) is 0 Å². The van der Waals surface area contributed by atoms with E-state index in [1.54, 1.807) is 7.11 Å². The van der Waals surface area contributed by atoms with E-state index in [1.165, 1.54) is 0 Å². The maximum absolute atomic E-state index is 5.40. The van der Waals surface area contributed by atoms with Crippen LogP contribution >= 0.6 is 0 Å². The molecule has 1 rings (SSSR count). The number of nitrogens with one attached hydrogen (secondary N) is 1. The van der Waals surface area contributed by atoms with Crippen LogP contribution in [-0.2, 0) is 9.47 Å². The standard InChI is InChI=1S/C7H15NO2/c1-6-7(5-9-2)8-3-4-10-6/h6-8H,3-5H2,1-2H3. The Labute approximate surface area is 61.7 Å². The lowest BCUT2D eigenvalue weighted by molar-refractivity contribution is -0.0149. The number of hydrogen-bond donors (Lipinski definition) is 1. The van der Waals surface area contributed by atoms with Crippen molar-refractivity contribution in [1.29, 1.82) is 0 Å². The largest absolute Gasteiger partial charge is 0.383 e. The lowest BCUT2D eigenvalue weighted by Crippen LogP contribution is -2.49. The Bertz CT molecular complexity index is 95.6. The Morgan fingerprint density at radius 2 is 2.50 bits per heavy atom. The third-order valence-corrected chi connectivity index (χ3v) is 1.80. The lowest BCUT2D eigenvalue weighted by atomic mass is 10.2. The fraction of sp³-hybridized carbons (Fsp3) is 1.00. The molecule has 0 saturated carbocycles. The fourth-order valence-corrected chi connectivity index (χ4v) is 1.15. The Hall–Kier alpha value is -0.120. The first kappa shape index (κ1) is 7.98. The van der Waals surface area contributed by atoms with Crippen molar-refractivity contribution in [1.82, 2.24) is 5.32 Å². The Morgan fingerprint density at radius 3 is 3.10 bits per heavy atom. The number of morpholine rings is 1. The van der Waals surface area contributed by atoms with Gasteiger partial charge in [0.05, 0.1) is 25.4 Å². The van der Waals surface area contributed by atoms with Gasteiger partial charge < -0.3 is 14.8 Å². The Morgan fingerprint density at radius 1 is 1.70 bits per heavy atom. The smallest absolute Gasteiger partial charge is 0.0723 e. The van der Waals surface area contributed by atoms with Crippen LogP contribution in [0, 0.1) is 0 Å². The van der Waals surface area contributed by atoms with Crippen molar-refractivity contribution in [3.63, 3.8) is 0 Å². The molecular weight excluding hydrogens is 130 g/mol. The van der Waals surface area contributed by atoms with Crippen molar-refractivity contribution >= 4 is 0 Å². The molecule has 0 aromatic rings. The van der Waals surface area contributed by atoms with E-state index in [1.807, 2.05) is 0 Å². The molecule has 3 nitrogen and oxygen atoms in total. The monoisotopic (exact) mass is 145 g/mol. The highest BCUT2D eigenvalue weighted by Crippen LogP contribution is 2.03. The van der Waals surface area contributed by atoms with Crippen molar-refractivity contribution in [3.05, 3.63) is 0 Å². The first-order valence-corrected chi connectivity index (χ1v) is 3.68. The van der Waals surface area contributed by atoms with Gasteiger partial charge in [0.1, 0.15) is 0 Å². The Kier molecular flexibility index (Phi) is 3.12. The minimum atomic E-state index is 0.286. The van der Waals surface area contributed by atoms with Crippen LogP contribution in [0.5, 0.6) is 0 Å². The summed E-state index contributed by atoms with van der Waals surface area (Å²) in [6, 6.07) is 0.374. The summed E-state index contributed by atoms with van der Waals surface area (Å²) in [6.07, 6.45) is 0.286. The van der Waals surface area contributed by atoms with E-state index in [9.17, 15) is 0 Å². The van der Waals surface area contributed by atoms with Gasteiger partial charge in [-0.2, -0.15) is 0 Å². The maximum Gasteiger partial charge on any atom is 0.0723 e. The third kappa shape index (κ3) is 1.94. The zero-order valence-electron chi connectivity index (χ0n) is 6.59. The summed E-state index contributed by atoms with van der Waals surface area (Å²) in [5.74, 6) is 0. The summed E-state index contributed by atoms with van der Waals surface area (Å²) in [7, 11) is 1.71. The van der Waals surface area contributed by atoms with E-state index in [4.69, 9.17) is 9.47 Å². The van der Waals surface area contributed by atoms with Gasteiger partial charge in [0.2, 0.25) is 0 Å². The van der Waals surface area contributed by atoms with Crippen molar-refractivity contribution < 1.29 is 9.47 Å². The molecule has 3 heteroatoms. The molecule has 2 atom stereocenters.